The van der Waals surface area contributed by atoms with Crippen molar-refractivity contribution in [3.05, 3.63) is 22.8 Å². The van der Waals surface area contributed by atoms with Crippen molar-refractivity contribution < 1.29 is 14.7 Å². The number of aromatic carboxylic acids is 1. The van der Waals surface area contributed by atoms with Crippen LogP contribution in [0.2, 0.25) is 5.02 Å². The Morgan fingerprint density at radius 1 is 1.56 bits per heavy atom. The first-order chi connectivity index (χ1) is 8.21. The summed E-state index contributed by atoms with van der Waals surface area (Å²) in [6.07, 6.45) is 1.29. The minimum absolute atomic E-state index is 0.00161. The van der Waals surface area contributed by atoms with Crippen molar-refractivity contribution in [1.82, 2.24) is 4.98 Å². The standard InChI is InChI=1S/C11H14ClN3O3/c1-11(2,4-8(13)16)15-9-7(12)3-6(5-14-9)10(17)18/h3,5H,4H2,1-2H3,(H2,13,16)(H,14,15)(H,17,18). The number of carbonyl (C=O) groups is 2. The van der Waals surface area contributed by atoms with Gasteiger partial charge in [-0.25, -0.2) is 9.78 Å². The molecule has 1 heterocycles. The van der Waals surface area contributed by atoms with Crippen LogP contribution in [0.5, 0.6) is 0 Å². The molecular weight excluding hydrogens is 258 g/mol. The number of hydrogen-bond acceptors (Lipinski definition) is 4. The maximum atomic E-state index is 10.9. The van der Waals surface area contributed by atoms with Crippen LogP contribution in [0.1, 0.15) is 30.6 Å². The van der Waals surface area contributed by atoms with E-state index >= 15 is 0 Å². The zero-order valence-corrected chi connectivity index (χ0v) is 10.8. The summed E-state index contributed by atoms with van der Waals surface area (Å²) in [7, 11) is 0. The second-order valence-corrected chi connectivity index (χ2v) is 4.92. The summed E-state index contributed by atoms with van der Waals surface area (Å²) < 4.78 is 0. The van der Waals surface area contributed by atoms with Gasteiger partial charge in [-0.2, -0.15) is 0 Å². The predicted molar refractivity (Wildman–Crippen MR) is 67.7 cm³/mol. The molecule has 0 saturated carbocycles. The lowest BCUT2D eigenvalue weighted by atomic mass is 10.0. The molecule has 1 rings (SSSR count). The van der Waals surface area contributed by atoms with E-state index in [0.29, 0.717) is 5.82 Å². The number of primary amides is 1. The lowest BCUT2D eigenvalue weighted by molar-refractivity contribution is -0.118. The average molecular weight is 272 g/mol. The Hall–Kier alpha value is -1.82. The van der Waals surface area contributed by atoms with Crippen LogP contribution < -0.4 is 11.1 Å². The molecule has 18 heavy (non-hydrogen) atoms. The molecule has 0 bridgehead atoms. The molecule has 4 N–H and O–H groups in total. The Labute approximate surface area is 109 Å². The van der Waals surface area contributed by atoms with E-state index < -0.39 is 17.4 Å². The molecule has 98 valence electrons. The second kappa shape index (κ2) is 5.22. The quantitative estimate of drug-likeness (QED) is 0.752. The largest absolute Gasteiger partial charge is 0.478 e. The number of carboxylic acids is 1. The third kappa shape index (κ3) is 3.89. The summed E-state index contributed by atoms with van der Waals surface area (Å²) in [6.45, 7) is 3.53. The molecule has 1 aromatic rings. The highest BCUT2D eigenvalue weighted by atomic mass is 35.5. The topological polar surface area (TPSA) is 105 Å². The van der Waals surface area contributed by atoms with E-state index in [9.17, 15) is 9.59 Å². The van der Waals surface area contributed by atoms with Crippen molar-refractivity contribution in [3.8, 4) is 0 Å². The van der Waals surface area contributed by atoms with Crippen molar-refractivity contribution in [1.29, 1.82) is 0 Å². The van der Waals surface area contributed by atoms with Crippen molar-refractivity contribution in [2.24, 2.45) is 5.73 Å². The van der Waals surface area contributed by atoms with Crippen LogP contribution in [0.25, 0.3) is 0 Å². The Morgan fingerprint density at radius 3 is 2.61 bits per heavy atom. The summed E-state index contributed by atoms with van der Waals surface area (Å²) in [5.74, 6) is -1.24. The highest BCUT2D eigenvalue weighted by molar-refractivity contribution is 6.33. The first kappa shape index (κ1) is 14.2. The molecule has 0 radical (unpaired) electrons. The fourth-order valence-corrected chi connectivity index (χ4v) is 1.66. The predicted octanol–water partition coefficient (Wildman–Crippen LogP) is 1.50. The first-order valence-electron chi connectivity index (χ1n) is 5.16. The third-order valence-electron chi connectivity index (χ3n) is 2.16. The molecular formula is C11H14ClN3O3. The molecule has 7 heteroatoms. The molecule has 0 aliphatic rings. The fraction of sp³-hybridized carbons (Fsp3) is 0.364. The number of pyridine rings is 1. The average Bonchev–Trinajstić information content (AvgIpc) is 2.18. The van der Waals surface area contributed by atoms with E-state index in [1.165, 1.54) is 12.3 Å². The SMILES string of the molecule is CC(C)(CC(N)=O)Nc1ncc(C(=O)O)cc1Cl. The first-order valence-corrected chi connectivity index (χ1v) is 5.54. The van der Waals surface area contributed by atoms with Crippen molar-refractivity contribution in [3.63, 3.8) is 0 Å². The van der Waals surface area contributed by atoms with Crippen LogP contribution >= 0.6 is 11.6 Å². The van der Waals surface area contributed by atoms with Gasteiger partial charge in [-0.1, -0.05) is 11.6 Å². The van der Waals surface area contributed by atoms with Crippen LogP contribution in [0, 0.1) is 0 Å². The normalized spacial score (nSPS) is 11.1. The van der Waals surface area contributed by atoms with Gasteiger partial charge in [0.1, 0.15) is 5.82 Å². The number of rotatable bonds is 5. The third-order valence-corrected chi connectivity index (χ3v) is 2.45. The smallest absolute Gasteiger partial charge is 0.337 e. The van der Waals surface area contributed by atoms with Gasteiger partial charge in [-0.05, 0) is 19.9 Å². The van der Waals surface area contributed by atoms with Crippen LogP contribution in [-0.2, 0) is 4.79 Å². The highest BCUT2D eigenvalue weighted by Crippen LogP contribution is 2.24. The van der Waals surface area contributed by atoms with Gasteiger partial charge in [0, 0.05) is 18.2 Å². The molecule has 0 atom stereocenters. The van der Waals surface area contributed by atoms with Gasteiger partial charge in [0.15, 0.2) is 0 Å². The monoisotopic (exact) mass is 271 g/mol. The summed E-state index contributed by atoms with van der Waals surface area (Å²) in [6, 6.07) is 1.29. The second-order valence-electron chi connectivity index (χ2n) is 4.51. The zero-order valence-electron chi connectivity index (χ0n) is 10.0. The molecule has 1 aromatic heterocycles. The van der Waals surface area contributed by atoms with E-state index in [1.54, 1.807) is 13.8 Å². The fourth-order valence-electron chi connectivity index (χ4n) is 1.45. The summed E-state index contributed by atoms with van der Waals surface area (Å²) in [5.41, 5.74) is 4.50. The Morgan fingerprint density at radius 2 is 2.17 bits per heavy atom. The van der Waals surface area contributed by atoms with E-state index in [1.807, 2.05) is 0 Å². The van der Waals surface area contributed by atoms with Crippen molar-refractivity contribution in [2.75, 3.05) is 5.32 Å². The minimum Gasteiger partial charge on any atom is -0.478 e. The maximum Gasteiger partial charge on any atom is 0.337 e. The molecule has 6 nitrogen and oxygen atoms in total. The van der Waals surface area contributed by atoms with Gasteiger partial charge < -0.3 is 16.2 Å². The van der Waals surface area contributed by atoms with Crippen LogP contribution in [0.15, 0.2) is 12.3 Å². The maximum absolute atomic E-state index is 10.9. The molecule has 0 aliphatic carbocycles. The number of anilines is 1. The molecule has 0 spiro atoms. The number of nitrogens with two attached hydrogens (primary N) is 1. The number of halogens is 1. The molecule has 0 aromatic carbocycles. The van der Waals surface area contributed by atoms with Crippen molar-refractivity contribution >= 4 is 29.3 Å². The number of nitrogens with one attached hydrogen (secondary N) is 1. The number of nitrogens with zero attached hydrogens (tertiary/aromatic N) is 1. The van der Waals surface area contributed by atoms with E-state index in [2.05, 4.69) is 10.3 Å². The number of aromatic nitrogens is 1. The summed E-state index contributed by atoms with van der Waals surface area (Å²) in [4.78, 5) is 25.5. The van der Waals surface area contributed by atoms with E-state index in [-0.39, 0.29) is 17.0 Å². The molecule has 0 saturated heterocycles. The summed E-state index contributed by atoms with van der Waals surface area (Å²) in [5, 5.41) is 11.9. The van der Waals surface area contributed by atoms with Crippen LogP contribution in [0.4, 0.5) is 5.82 Å². The number of carbonyl (C=O) groups excluding carboxylic acids is 1. The lowest BCUT2D eigenvalue weighted by Crippen LogP contribution is -2.36. The molecule has 0 unspecified atom stereocenters. The Bertz CT molecular complexity index is 488. The Kier molecular flexibility index (Phi) is 4.13. The van der Waals surface area contributed by atoms with Gasteiger partial charge >= 0.3 is 5.97 Å². The van der Waals surface area contributed by atoms with Gasteiger partial charge in [0.25, 0.3) is 0 Å². The molecule has 1 amide bonds. The van der Waals surface area contributed by atoms with Gasteiger partial charge in [-0.15, -0.1) is 0 Å². The molecule has 0 aliphatic heterocycles. The minimum atomic E-state index is -1.10. The number of hydrogen-bond donors (Lipinski definition) is 3. The highest BCUT2D eigenvalue weighted by Gasteiger charge is 2.22. The lowest BCUT2D eigenvalue weighted by Gasteiger charge is -2.25. The van der Waals surface area contributed by atoms with Gasteiger partial charge in [0.2, 0.25) is 5.91 Å². The van der Waals surface area contributed by atoms with Crippen LogP contribution in [0.3, 0.4) is 0 Å². The van der Waals surface area contributed by atoms with Crippen LogP contribution in [-0.4, -0.2) is 27.5 Å². The number of amides is 1. The number of carboxylic acid groups (broad SMARTS) is 1. The Balaban J connectivity index is 2.92. The van der Waals surface area contributed by atoms with E-state index in [4.69, 9.17) is 22.4 Å². The van der Waals surface area contributed by atoms with Gasteiger partial charge in [-0.3, -0.25) is 4.79 Å². The van der Waals surface area contributed by atoms with Gasteiger partial charge in [0.05, 0.1) is 10.6 Å². The zero-order chi connectivity index (χ0) is 13.9. The molecule has 0 fully saturated rings. The van der Waals surface area contributed by atoms with E-state index in [0.717, 1.165) is 0 Å². The summed E-state index contributed by atoms with van der Waals surface area (Å²) >= 11 is 5.91. The van der Waals surface area contributed by atoms with Crippen molar-refractivity contribution in [2.45, 2.75) is 25.8 Å².